The molecule has 8 nitrogen and oxygen atoms in total. The molecule has 3 aromatic rings. The third-order valence-corrected chi connectivity index (χ3v) is 8.57. The first-order chi connectivity index (χ1) is 18.2. The van der Waals surface area contributed by atoms with Crippen molar-refractivity contribution < 1.29 is 19.1 Å². The van der Waals surface area contributed by atoms with Crippen LogP contribution < -0.4 is 4.74 Å². The van der Waals surface area contributed by atoms with E-state index in [0.717, 1.165) is 27.5 Å². The number of hydrogen-bond donors (Lipinski definition) is 0. The largest absolute Gasteiger partial charge is 0.494 e. The van der Waals surface area contributed by atoms with Crippen molar-refractivity contribution in [2.45, 2.75) is 50.8 Å². The summed E-state index contributed by atoms with van der Waals surface area (Å²) in [5.41, 5.74) is 2.62. The number of rotatable bonds is 10. The molecule has 0 saturated carbocycles. The second-order valence-electron chi connectivity index (χ2n) is 9.35. The van der Waals surface area contributed by atoms with Gasteiger partial charge >= 0.3 is 5.97 Å². The average Bonchev–Trinajstić information content (AvgIpc) is 3.54. The normalized spacial score (nSPS) is 16.0. The standard InChI is InChI=1S/C28H31ClN4O4S/c1-7-15(2)16(3)20-11-19(8-9-22(20)29)38-13-18-10-21(26(34)28(35)37-6)25-23(36-5)12-30-27(24(18)25)33-14-31-17(4)32-33/h8-12,14-16,18H,7,13H2,1-6H3. The smallest absolute Gasteiger partial charge is 0.379 e. The molecule has 4 rings (SSSR count). The Morgan fingerprint density at radius 3 is 2.61 bits per heavy atom. The van der Waals surface area contributed by atoms with E-state index in [9.17, 15) is 9.59 Å². The predicted octanol–water partition coefficient (Wildman–Crippen LogP) is 5.80. The van der Waals surface area contributed by atoms with Gasteiger partial charge in [-0.05, 0) is 42.5 Å². The van der Waals surface area contributed by atoms with E-state index in [2.05, 4.69) is 41.9 Å². The Kier molecular flexibility index (Phi) is 8.57. The summed E-state index contributed by atoms with van der Waals surface area (Å²) in [5.74, 6) is 0.980. The van der Waals surface area contributed by atoms with Crippen LogP contribution in [0.1, 0.15) is 61.5 Å². The van der Waals surface area contributed by atoms with Crippen LogP contribution in [0, 0.1) is 12.8 Å². The van der Waals surface area contributed by atoms with Gasteiger partial charge in [-0.3, -0.25) is 4.79 Å². The number of ketones is 1. The molecule has 0 aliphatic heterocycles. The topological polar surface area (TPSA) is 96.2 Å². The van der Waals surface area contributed by atoms with E-state index >= 15 is 0 Å². The Labute approximate surface area is 231 Å². The number of nitrogens with zero attached hydrogens (tertiary/aromatic N) is 4. The number of aromatic nitrogens is 4. The number of Topliss-reactive ketones (excluding diaryl/α,β-unsaturated/α-hetero) is 1. The first-order valence-electron chi connectivity index (χ1n) is 12.4. The minimum absolute atomic E-state index is 0.233. The number of allylic oxidation sites excluding steroid dienone is 1. The minimum Gasteiger partial charge on any atom is -0.494 e. The van der Waals surface area contributed by atoms with Crippen LogP contribution in [0.15, 0.2) is 41.7 Å². The number of thioether (sulfide) groups is 1. The number of pyridine rings is 1. The maximum absolute atomic E-state index is 13.1. The first kappa shape index (κ1) is 27.9. The lowest BCUT2D eigenvalue weighted by Crippen LogP contribution is -2.17. The Balaban J connectivity index is 1.76. The molecule has 2 aromatic heterocycles. The minimum atomic E-state index is -0.936. The van der Waals surface area contributed by atoms with E-state index in [4.69, 9.17) is 21.1 Å². The van der Waals surface area contributed by atoms with Gasteiger partial charge in [-0.25, -0.2) is 19.4 Å². The number of hydrogen-bond acceptors (Lipinski definition) is 8. The van der Waals surface area contributed by atoms with Gasteiger partial charge in [-0.2, -0.15) is 5.10 Å². The molecule has 0 saturated heterocycles. The summed E-state index contributed by atoms with van der Waals surface area (Å²) in [6.07, 6.45) is 5.97. The van der Waals surface area contributed by atoms with Crippen molar-refractivity contribution in [1.82, 2.24) is 19.7 Å². The highest BCUT2D eigenvalue weighted by Gasteiger charge is 2.37. The van der Waals surface area contributed by atoms with Crippen molar-refractivity contribution in [3.63, 3.8) is 0 Å². The number of fused-ring (bicyclic) bond motifs is 1. The zero-order valence-corrected chi connectivity index (χ0v) is 23.9. The number of ether oxygens (including phenoxy) is 2. The lowest BCUT2D eigenvalue weighted by Gasteiger charge is -2.21. The molecule has 0 spiro atoms. The second kappa shape index (κ2) is 11.7. The van der Waals surface area contributed by atoms with Crippen LogP contribution in [0.5, 0.6) is 5.75 Å². The third kappa shape index (κ3) is 5.35. The molecule has 0 bridgehead atoms. The highest BCUT2D eigenvalue weighted by molar-refractivity contribution is 7.99. The van der Waals surface area contributed by atoms with Gasteiger partial charge in [-0.15, -0.1) is 11.8 Å². The Bertz CT molecular complexity index is 1400. The van der Waals surface area contributed by atoms with Crippen molar-refractivity contribution in [1.29, 1.82) is 0 Å². The molecule has 38 heavy (non-hydrogen) atoms. The monoisotopic (exact) mass is 554 g/mol. The van der Waals surface area contributed by atoms with Gasteiger partial charge in [-0.1, -0.05) is 44.9 Å². The maximum atomic E-state index is 13.1. The number of carbonyl (C=O) groups is 2. The number of benzene rings is 1. The van der Waals surface area contributed by atoms with Gasteiger partial charge in [0.2, 0.25) is 0 Å². The number of esters is 1. The molecule has 0 fully saturated rings. The molecule has 2 heterocycles. The van der Waals surface area contributed by atoms with Crippen LogP contribution >= 0.6 is 23.4 Å². The van der Waals surface area contributed by atoms with Gasteiger partial charge < -0.3 is 9.47 Å². The number of halogens is 1. The lowest BCUT2D eigenvalue weighted by molar-refractivity contribution is -0.148. The number of carbonyl (C=O) groups excluding carboxylic acids is 2. The summed E-state index contributed by atoms with van der Waals surface area (Å²) in [6.45, 7) is 8.40. The fourth-order valence-corrected chi connectivity index (χ4v) is 5.91. The molecule has 1 aliphatic carbocycles. The summed E-state index contributed by atoms with van der Waals surface area (Å²) < 4.78 is 11.9. The number of methoxy groups -OCH3 is 2. The van der Waals surface area contributed by atoms with Crippen molar-refractivity contribution in [2.24, 2.45) is 5.92 Å². The zero-order chi connectivity index (χ0) is 27.6. The summed E-state index contributed by atoms with van der Waals surface area (Å²) in [5, 5.41) is 5.20. The average molecular weight is 555 g/mol. The fourth-order valence-electron chi connectivity index (χ4n) is 4.61. The highest BCUT2D eigenvalue weighted by atomic mass is 35.5. The Morgan fingerprint density at radius 1 is 1.21 bits per heavy atom. The number of aryl methyl sites for hydroxylation is 1. The molecule has 3 unspecified atom stereocenters. The van der Waals surface area contributed by atoms with Crippen LogP contribution in [-0.2, 0) is 14.3 Å². The van der Waals surface area contributed by atoms with E-state index in [0.29, 0.717) is 40.5 Å². The molecule has 1 aliphatic rings. The van der Waals surface area contributed by atoms with E-state index in [1.807, 2.05) is 12.1 Å². The van der Waals surface area contributed by atoms with Gasteiger partial charge in [0.1, 0.15) is 17.9 Å². The fraction of sp³-hybridized carbons (Fsp3) is 0.393. The van der Waals surface area contributed by atoms with Crippen molar-refractivity contribution >= 4 is 40.7 Å². The molecule has 3 atom stereocenters. The molecule has 10 heteroatoms. The summed E-state index contributed by atoms with van der Waals surface area (Å²) in [4.78, 5) is 35.2. The van der Waals surface area contributed by atoms with Crippen molar-refractivity contribution in [3.8, 4) is 11.6 Å². The lowest BCUT2D eigenvalue weighted by atomic mass is 9.87. The van der Waals surface area contributed by atoms with E-state index in [1.54, 1.807) is 35.8 Å². The zero-order valence-electron chi connectivity index (χ0n) is 22.3. The van der Waals surface area contributed by atoms with Gasteiger partial charge in [0, 0.05) is 38.3 Å². The maximum Gasteiger partial charge on any atom is 0.379 e. The van der Waals surface area contributed by atoms with Crippen LogP contribution in [-0.4, -0.2) is 51.5 Å². The van der Waals surface area contributed by atoms with Gasteiger partial charge in [0.15, 0.2) is 5.82 Å². The quantitative estimate of drug-likeness (QED) is 0.176. The van der Waals surface area contributed by atoms with Gasteiger partial charge in [0.25, 0.3) is 5.78 Å². The highest BCUT2D eigenvalue weighted by Crippen LogP contribution is 2.46. The second-order valence-corrected chi connectivity index (χ2v) is 10.9. The van der Waals surface area contributed by atoms with Crippen LogP contribution in [0.2, 0.25) is 5.02 Å². The van der Waals surface area contributed by atoms with Crippen molar-refractivity contribution in [3.05, 3.63) is 64.3 Å². The molecular weight excluding hydrogens is 524 g/mol. The van der Waals surface area contributed by atoms with E-state index in [-0.39, 0.29) is 11.5 Å². The molecule has 0 amide bonds. The van der Waals surface area contributed by atoms with Crippen LogP contribution in [0.25, 0.3) is 11.4 Å². The Hall–Kier alpha value is -3.17. The Morgan fingerprint density at radius 2 is 1.97 bits per heavy atom. The third-order valence-electron chi connectivity index (χ3n) is 7.11. The molecule has 1 aromatic carbocycles. The SMILES string of the molecule is CCC(C)C(C)c1cc(SCC2C=C(C(=O)C(=O)OC)c3c(OC)cnc(-n4cnc(C)n4)c32)ccc1Cl. The van der Waals surface area contributed by atoms with Crippen LogP contribution in [0.3, 0.4) is 0 Å². The van der Waals surface area contributed by atoms with Crippen molar-refractivity contribution in [2.75, 3.05) is 20.0 Å². The van der Waals surface area contributed by atoms with E-state index < -0.39 is 11.8 Å². The molecule has 0 radical (unpaired) electrons. The summed E-state index contributed by atoms with van der Waals surface area (Å²) >= 11 is 8.22. The van der Waals surface area contributed by atoms with E-state index in [1.165, 1.54) is 20.4 Å². The summed E-state index contributed by atoms with van der Waals surface area (Å²) in [7, 11) is 2.70. The molecular formula is C28H31ClN4O4S. The van der Waals surface area contributed by atoms with Crippen LogP contribution in [0.4, 0.5) is 0 Å². The first-order valence-corrected chi connectivity index (χ1v) is 13.8. The molecule has 200 valence electrons. The molecule has 0 N–H and O–H groups in total. The predicted molar refractivity (Wildman–Crippen MR) is 148 cm³/mol. The van der Waals surface area contributed by atoms with Gasteiger partial charge in [0.05, 0.1) is 20.4 Å². The summed E-state index contributed by atoms with van der Waals surface area (Å²) in [6, 6.07) is 6.10.